The molecule has 0 saturated carbocycles. The molecular formula is C69H47N3. The van der Waals surface area contributed by atoms with Crippen LogP contribution >= 0.6 is 0 Å². The van der Waals surface area contributed by atoms with E-state index in [0.29, 0.717) is 5.82 Å². The number of rotatable bonds is 9. The predicted octanol–water partition coefficient (Wildman–Crippen LogP) is 17.4. The minimum Gasteiger partial charge on any atom is -0.373 e. The quantitative estimate of drug-likeness (QED) is 0.147. The molecule has 0 radical (unpaired) electrons. The summed E-state index contributed by atoms with van der Waals surface area (Å²) in [6.45, 7) is 0. The average Bonchev–Trinajstić information content (AvgIpc) is 3.47. The summed E-state index contributed by atoms with van der Waals surface area (Å²) in [5.74, 6) is 0.671. The Morgan fingerprint density at radius 1 is 0.264 bits per heavy atom. The molecule has 0 amide bonds. The van der Waals surface area contributed by atoms with Crippen LogP contribution in [0.2, 0.25) is 0 Å². The number of hydrogen-bond acceptors (Lipinski definition) is 3. The summed E-state index contributed by atoms with van der Waals surface area (Å²) < 4.78 is 0. The van der Waals surface area contributed by atoms with Gasteiger partial charge in [-0.15, -0.1) is 0 Å². The van der Waals surface area contributed by atoms with Gasteiger partial charge in [-0.1, -0.05) is 261 Å². The summed E-state index contributed by atoms with van der Waals surface area (Å²) in [4.78, 5) is 10.6. The molecule has 12 aromatic rings. The summed E-state index contributed by atoms with van der Waals surface area (Å²) in [5.41, 5.74) is 17.4. The summed E-state index contributed by atoms with van der Waals surface area (Å²) in [6.07, 6.45) is 0. The first-order chi connectivity index (χ1) is 35.7. The maximum atomic E-state index is 5.33. The SMILES string of the molecule is c1ccc(C2=C(c3ccccc3)C(c3ccc(-c4nc(-c5ccccc5)cc(-c5ccc(-c6ccc7c8ccccc8c8ccccc8c7c6)cc5)n4)cc3)=C(c3ccccc3)C(c3ccccc3)N2)cc1. The summed E-state index contributed by atoms with van der Waals surface area (Å²) in [5, 5.41) is 11.7. The number of hydrogen-bond donors (Lipinski definition) is 1. The molecule has 2 heterocycles. The van der Waals surface area contributed by atoms with Crippen LogP contribution < -0.4 is 5.32 Å². The van der Waals surface area contributed by atoms with E-state index in [0.717, 1.165) is 67.2 Å². The van der Waals surface area contributed by atoms with Crippen molar-refractivity contribution in [1.29, 1.82) is 0 Å². The van der Waals surface area contributed by atoms with Gasteiger partial charge in [0.2, 0.25) is 0 Å². The van der Waals surface area contributed by atoms with E-state index in [-0.39, 0.29) is 6.04 Å². The molecule has 0 fully saturated rings. The Morgan fingerprint density at radius 2 is 0.653 bits per heavy atom. The Bertz CT molecular complexity index is 3960. The lowest BCUT2D eigenvalue weighted by Gasteiger charge is -2.36. The lowest BCUT2D eigenvalue weighted by molar-refractivity contribution is 0.787. The van der Waals surface area contributed by atoms with Crippen molar-refractivity contribution in [3.8, 4) is 45.0 Å². The number of benzene rings is 11. The maximum absolute atomic E-state index is 5.33. The Balaban J connectivity index is 0.936. The van der Waals surface area contributed by atoms with Gasteiger partial charge in [-0.2, -0.15) is 0 Å². The van der Waals surface area contributed by atoms with Crippen LogP contribution in [0, 0.1) is 0 Å². The minimum absolute atomic E-state index is 0.132. The van der Waals surface area contributed by atoms with E-state index in [4.69, 9.17) is 9.97 Å². The molecule has 1 aliphatic rings. The van der Waals surface area contributed by atoms with E-state index >= 15 is 0 Å². The zero-order valence-electron chi connectivity index (χ0n) is 39.5. The lowest BCUT2D eigenvalue weighted by atomic mass is 9.77. The number of nitrogens with one attached hydrogen (secondary N) is 1. The van der Waals surface area contributed by atoms with Crippen LogP contribution in [0.3, 0.4) is 0 Å². The first-order valence-corrected chi connectivity index (χ1v) is 24.7. The Labute approximate surface area is 419 Å². The molecule has 1 atom stereocenters. The fraction of sp³-hybridized carbons (Fsp3) is 0.0145. The second kappa shape index (κ2) is 18.5. The van der Waals surface area contributed by atoms with Crippen LogP contribution in [0.1, 0.15) is 33.9 Å². The van der Waals surface area contributed by atoms with Crippen molar-refractivity contribution in [2.75, 3.05) is 0 Å². The first kappa shape index (κ1) is 42.6. The highest BCUT2D eigenvalue weighted by molar-refractivity contribution is 6.26. The second-order valence-corrected chi connectivity index (χ2v) is 18.5. The van der Waals surface area contributed by atoms with Gasteiger partial charge < -0.3 is 5.32 Å². The first-order valence-electron chi connectivity index (χ1n) is 24.7. The van der Waals surface area contributed by atoms with Crippen LogP contribution in [0.4, 0.5) is 0 Å². The molecular weight excluding hydrogens is 871 g/mol. The van der Waals surface area contributed by atoms with E-state index in [1.165, 1.54) is 54.6 Å². The van der Waals surface area contributed by atoms with Crippen molar-refractivity contribution >= 4 is 54.7 Å². The number of fused-ring (bicyclic) bond motifs is 6. The van der Waals surface area contributed by atoms with Crippen LogP contribution in [0.5, 0.6) is 0 Å². The Hall–Kier alpha value is -9.44. The topological polar surface area (TPSA) is 37.8 Å². The van der Waals surface area contributed by atoms with Crippen molar-refractivity contribution in [1.82, 2.24) is 15.3 Å². The molecule has 0 aliphatic carbocycles. The van der Waals surface area contributed by atoms with Gasteiger partial charge in [0.05, 0.1) is 23.1 Å². The van der Waals surface area contributed by atoms with Crippen molar-refractivity contribution in [2.45, 2.75) is 6.04 Å². The molecule has 11 aromatic carbocycles. The highest BCUT2D eigenvalue weighted by Crippen LogP contribution is 2.50. The zero-order valence-corrected chi connectivity index (χ0v) is 39.5. The maximum Gasteiger partial charge on any atom is 0.160 e. The predicted molar refractivity (Wildman–Crippen MR) is 302 cm³/mol. The molecule has 13 rings (SSSR count). The third kappa shape index (κ3) is 7.84. The average molecular weight is 918 g/mol. The van der Waals surface area contributed by atoms with E-state index in [1.54, 1.807) is 0 Å². The summed E-state index contributed by atoms with van der Waals surface area (Å²) in [6, 6.07) is 97.7. The standard InChI is InChI=1S/C69H47N3/c1-6-20-47(21-7-1)62-45-63(48-36-34-46(35-37-48)55-42-43-60-58-32-17-16-30-56(58)57-31-18-19-33-59(57)61(60)44-55)71-69(70-62)54-40-38-51(39-41-54)64-65(49-22-8-2-9-23-49)67(52-26-12-4-13-27-52)72-68(53-28-14-5-15-29-53)66(64)50-24-10-3-11-25-50/h1-45,67,72H. The summed E-state index contributed by atoms with van der Waals surface area (Å²) in [7, 11) is 0. The lowest BCUT2D eigenvalue weighted by Crippen LogP contribution is -2.27. The monoisotopic (exact) mass is 917 g/mol. The van der Waals surface area contributed by atoms with Crippen LogP contribution in [-0.2, 0) is 0 Å². The number of allylic oxidation sites excluding steroid dienone is 2. The zero-order chi connectivity index (χ0) is 47.8. The molecule has 0 saturated heterocycles. The molecule has 1 aliphatic heterocycles. The van der Waals surface area contributed by atoms with E-state index in [2.05, 4.69) is 272 Å². The largest absolute Gasteiger partial charge is 0.373 e. The second-order valence-electron chi connectivity index (χ2n) is 18.5. The van der Waals surface area contributed by atoms with Crippen LogP contribution in [-0.4, -0.2) is 9.97 Å². The number of aromatic nitrogens is 2. The molecule has 72 heavy (non-hydrogen) atoms. The number of dihydropyridines is 1. The van der Waals surface area contributed by atoms with E-state index in [9.17, 15) is 0 Å². The van der Waals surface area contributed by atoms with Crippen molar-refractivity contribution in [2.24, 2.45) is 0 Å². The molecule has 3 heteroatoms. The van der Waals surface area contributed by atoms with Gasteiger partial charge >= 0.3 is 0 Å². The van der Waals surface area contributed by atoms with Gasteiger partial charge in [0.1, 0.15) is 0 Å². The Morgan fingerprint density at radius 3 is 1.22 bits per heavy atom. The van der Waals surface area contributed by atoms with Gasteiger partial charge in [-0.05, 0) is 94.5 Å². The van der Waals surface area contributed by atoms with Gasteiger partial charge in [0.15, 0.2) is 5.82 Å². The normalized spacial score (nSPS) is 13.7. The van der Waals surface area contributed by atoms with Crippen molar-refractivity contribution in [3.63, 3.8) is 0 Å². The molecule has 1 aromatic heterocycles. The molecule has 1 N–H and O–H groups in total. The fourth-order valence-electron chi connectivity index (χ4n) is 10.7. The van der Waals surface area contributed by atoms with Crippen LogP contribution in [0.15, 0.2) is 273 Å². The number of nitrogens with zero attached hydrogens (tertiary/aromatic N) is 2. The minimum atomic E-state index is -0.132. The van der Waals surface area contributed by atoms with Crippen LogP contribution in [0.25, 0.3) is 99.8 Å². The summed E-state index contributed by atoms with van der Waals surface area (Å²) >= 11 is 0. The third-order valence-electron chi connectivity index (χ3n) is 14.2. The van der Waals surface area contributed by atoms with Gasteiger partial charge in [0, 0.05) is 22.3 Å². The molecule has 0 spiro atoms. The van der Waals surface area contributed by atoms with Gasteiger partial charge in [-0.3, -0.25) is 0 Å². The van der Waals surface area contributed by atoms with Crippen molar-refractivity contribution in [3.05, 3.63) is 301 Å². The van der Waals surface area contributed by atoms with Crippen molar-refractivity contribution < 1.29 is 0 Å². The molecule has 0 bridgehead atoms. The van der Waals surface area contributed by atoms with E-state index < -0.39 is 0 Å². The smallest absolute Gasteiger partial charge is 0.160 e. The Kier molecular flexibility index (Phi) is 10.9. The molecule has 3 nitrogen and oxygen atoms in total. The fourth-order valence-corrected chi connectivity index (χ4v) is 10.7. The molecule has 1 unspecified atom stereocenters. The highest BCUT2D eigenvalue weighted by Gasteiger charge is 2.33. The highest BCUT2D eigenvalue weighted by atomic mass is 15.0. The van der Waals surface area contributed by atoms with Gasteiger partial charge in [-0.25, -0.2) is 9.97 Å². The third-order valence-corrected chi connectivity index (χ3v) is 14.2. The van der Waals surface area contributed by atoms with E-state index in [1.807, 2.05) is 6.07 Å². The molecule has 338 valence electrons. The van der Waals surface area contributed by atoms with Gasteiger partial charge in [0.25, 0.3) is 0 Å².